The van der Waals surface area contributed by atoms with Crippen molar-refractivity contribution in [2.45, 2.75) is 13.5 Å². The van der Waals surface area contributed by atoms with Crippen LogP contribution in [0.1, 0.15) is 16.2 Å². The number of carbonyl (C=O) groups excluding carboxylic acids is 1. The van der Waals surface area contributed by atoms with Crippen LogP contribution < -0.4 is 25.1 Å². The van der Waals surface area contributed by atoms with E-state index in [9.17, 15) is 9.59 Å². The van der Waals surface area contributed by atoms with E-state index in [1.54, 1.807) is 41.8 Å². The summed E-state index contributed by atoms with van der Waals surface area (Å²) < 4.78 is 17.4. The smallest absolute Gasteiger partial charge is 0.261 e. The number of nitrogens with zero attached hydrogens (tertiary/aromatic N) is 2. The summed E-state index contributed by atoms with van der Waals surface area (Å²) in [6.45, 7) is 2.34. The van der Waals surface area contributed by atoms with Crippen molar-refractivity contribution in [1.29, 1.82) is 0 Å². The maximum atomic E-state index is 12.7. The molecule has 3 rings (SSSR count). The van der Waals surface area contributed by atoms with Gasteiger partial charge in [0.1, 0.15) is 5.82 Å². The number of hydrogen-bond donors (Lipinski definition) is 1. The Morgan fingerprint density at radius 3 is 2.34 bits per heavy atom. The molecule has 0 saturated carbocycles. The molecule has 0 spiro atoms. The molecular formula is C21H23N3O5. The van der Waals surface area contributed by atoms with Gasteiger partial charge in [-0.3, -0.25) is 14.2 Å². The lowest BCUT2D eigenvalue weighted by atomic mass is 10.1. The van der Waals surface area contributed by atoms with Gasteiger partial charge in [-0.25, -0.2) is 4.98 Å². The average molecular weight is 397 g/mol. The number of nitrogens with one attached hydrogen (secondary N) is 1. The van der Waals surface area contributed by atoms with E-state index in [0.717, 1.165) is 0 Å². The minimum absolute atomic E-state index is 0.130. The second-order valence-corrected chi connectivity index (χ2v) is 6.30. The van der Waals surface area contributed by atoms with Gasteiger partial charge in [0, 0.05) is 18.7 Å². The lowest BCUT2D eigenvalue weighted by Crippen LogP contribution is -2.32. The van der Waals surface area contributed by atoms with Gasteiger partial charge < -0.3 is 19.5 Å². The van der Waals surface area contributed by atoms with E-state index in [2.05, 4.69) is 10.3 Å². The Labute approximate surface area is 168 Å². The van der Waals surface area contributed by atoms with Crippen LogP contribution in [0.2, 0.25) is 0 Å². The van der Waals surface area contributed by atoms with Gasteiger partial charge in [-0.05, 0) is 31.2 Å². The summed E-state index contributed by atoms with van der Waals surface area (Å²) in [5, 5.41) is 3.36. The molecule has 2 aromatic carbocycles. The van der Waals surface area contributed by atoms with Crippen LogP contribution >= 0.6 is 0 Å². The van der Waals surface area contributed by atoms with E-state index in [0.29, 0.717) is 46.1 Å². The summed E-state index contributed by atoms with van der Waals surface area (Å²) in [5.41, 5.74) is 0.892. The summed E-state index contributed by atoms with van der Waals surface area (Å²) in [6.07, 6.45) is 0. The zero-order valence-electron chi connectivity index (χ0n) is 16.8. The van der Waals surface area contributed by atoms with Gasteiger partial charge in [-0.2, -0.15) is 0 Å². The first-order valence-electron chi connectivity index (χ1n) is 9.04. The molecule has 0 aliphatic rings. The third-order valence-corrected chi connectivity index (χ3v) is 4.60. The van der Waals surface area contributed by atoms with Crippen LogP contribution in [-0.2, 0) is 6.54 Å². The van der Waals surface area contributed by atoms with E-state index >= 15 is 0 Å². The molecule has 0 bridgehead atoms. The van der Waals surface area contributed by atoms with E-state index < -0.39 is 0 Å². The maximum absolute atomic E-state index is 12.7. The van der Waals surface area contributed by atoms with Crippen molar-refractivity contribution < 1.29 is 19.0 Å². The Morgan fingerprint density at radius 1 is 1.07 bits per heavy atom. The number of rotatable bonds is 7. The summed E-state index contributed by atoms with van der Waals surface area (Å²) >= 11 is 0. The third kappa shape index (κ3) is 4.01. The normalized spacial score (nSPS) is 10.6. The Bertz CT molecular complexity index is 1080. The molecule has 0 saturated heterocycles. The van der Waals surface area contributed by atoms with Crippen molar-refractivity contribution in [3.05, 3.63) is 58.1 Å². The minimum Gasteiger partial charge on any atom is -0.493 e. The quantitative estimate of drug-likeness (QED) is 0.657. The fourth-order valence-electron chi connectivity index (χ4n) is 3.14. The molecule has 29 heavy (non-hydrogen) atoms. The summed E-state index contributed by atoms with van der Waals surface area (Å²) in [6, 6.07) is 10.3. The number of carbonyl (C=O) groups is 1. The van der Waals surface area contributed by atoms with Crippen LogP contribution in [0.15, 0.2) is 41.2 Å². The lowest BCUT2D eigenvalue weighted by Gasteiger charge is -2.14. The number of benzene rings is 2. The van der Waals surface area contributed by atoms with Crippen LogP contribution in [0.4, 0.5) is 0 Å². The standard InChI is InChI=1S/C21H23N3O5/c1-13-23-16-8-6-5-7-15(16)21(26)24(13)10-9-22-20(25)14-11-17(27-2)19(29-4)18(12-14)28-3/h5-8,11-12H,9-10H2,1-4H3,(H,22,25). The first-order valence-corrected chi connectivity index (χ1v) is 9.04. The highest BCUT2D eigenvalue weighted by atomic mass is 16.5. The number of para-hydroxylation sites is 1. The summed E-state index contributed by atoms with van der Waals surface area (Å²) in [4.78, 5) is 29.7. The molecule has 0 radical (unpaired) electrons. The van der Waals surface area contributed by atoms with Crippen molar-refractivity contribution in [2.75, 3.05) is 27.9 Å². The predicted molar refractivity (Wildman–Crippen MR) is 109 cm³/mol. The molecule has 1 aromatic heterocycles. The number of fused-ring (bicyclic) bond motifs is 1. The van der Waals surface area contributed by atoms with E-state index in [4.69, 9.17) is 14.2 Å². The second kappa shape index (κ2) is 8.64. The van der Waals surface area contributed by atoms with Gasteiger partial charge in [0.05, 0.1) is 32.2 Å². The van der Waals surface area contributed by atoms with Crippen LogP contribution in [0.25, 0.3) is 10.9 Å². The fourth-order valence-corrected chi connectivity index (χ4v) is 3.14. The molecule has 1 N–H and O–H groups in total. The number of amides is 1. The van der Waals surface area contributed by atoms with Crippen molar-refractivity contribution in [1.82, 2.24) is 14.9 Å². The molecule has 0 unspecified atom stereocenters. The van der Waals surface area contributed by atoms with Crippen molar-refractivity contribution in [3.63, 3.8) is 0 Å². The molecular weight excluding hydrogens is 374 g/mol. The van der Waals surface area contributed by atoms with Crippen LogP contribution in [-0.4, -0.2) is 43.3 Å². The van der Waals surface area contributed by atoms with Crippen molar-refractivity contribution in [3.8, 4) is 17.2 Å². The Hall–Kier alpha value is -3.55. The topological polar surface area (TPSA) is 91.7 Å². The van der Waals surface area contributed by atoms with Crippen molar-refractivity contribution in [2.24, 2.45) is 0 Å². The first-order chi connectivity index (χ1) is 14.0. The zero-order valence-corrected chi connectivity index (χ0v) is 16.8. The van der Waals surface area contributed by atoms with Gasteiger partial charge in [-0.15, -0.1) is 0 Å². The van der Waals surface area contributed by atoms with Crippen LogP contribution in [0.5, 0.6) is 17.2 Å². The predicted octanol–water partition coefficient (Wildman–Crippen LogP) is 2.16. The Morgan fingerprint density at radius 2 is 1.72 bits per heavy atom. The van der Waals surface area contributed by atoms with Gasteiger partial charge in [0.2, 0.25) is 5.75 Å². The largest absolute Gasteiger partial charge is 0.493 e. The van der Waals surface area contributed by atoms with E-state index in [1.165, 1.54) is 21.3 Å². The van der Waals surface area contributed by atoms with E-state index in [-0.39, 0.29) is 18.0 Å². The molecule has 0 atom stereocenters. The zero-order chi connectivity index (χ0) is 21.0. The third-order valence-electron chi connectivity index (χ3n) is 4.60. The van der Waals surface area contributed by atoms with Crippen LogP contribution in [0.3, 0.4) is 0 Å². The fraction of sp³-hybridized carbons (Fsp3) is 0.286. The molecule has 8 nitrogen and oxygen atoms in total. The highest BCUT2D eigenvalue weighted by Crippen LogP contribution is 2.38. The highest BCUT2D eigenvalue weighted by molar-refractivity contribution is 5.95. The lowest BCUT2D eigenvalue weighted by molar-refractivity contribution is 0.0951. The monoisotopic (exact) mass is 397 g/mol. The number of aryl methyl sites for hydroxylation is 1. The Kier molecular flexibility index (Phi) is 6.01. The second-order valence-electron chi connectivity index (χ2n) is 6.30. The Balaban J connectivity index is 1.77. The molecule has 8 heteroatoms. The first kappa shape index (κ1) is 20.2. The van der Waals surface area contributed by atoms with Gasteiger partial charge in [0.25, 0.3) is 11.5 Å². The molecule has 152 valence electrons. The number of hydrogen-bond acceptors (Lipinski definition) is 6. The molecule has 1 amide bonds. The minimum atomic E-state index is -0.316. The van der Waals surface area contributed by atoms with E-state index in [1.807, 2.05) is 6.07 Å². The number of methoxy groups -OCH3 is 3. The SMILES string of the molecule is COc1cc(C(=O)NCCn2c(C)nc3ccccc3c2=O)cc(OC)c1OC. The maximum Gasteiger partial charge on any atom is 0.261 e. The molecule has 0 aliphatic heterocycles. The van der Waals surface area contributed by atoms with Crippen molar-refractivity contribution >= 4 is 16.8 Å². The molecule has 0 fully saturated rings. The summed E-state index contributed by atoms with van der Waals surface area (Å²) in [7, 11) is 4.47. The molecule has 1 heterocycles. The number of ether oxygens (including phenoxy) is 3. The number of aromatic nitrogens is 2. The average Bonchev–Trinajstić information content (AvgIpc) is 2.74. The molecule has 0 aliphatic carbocycles. The van der Waals surface area contributed by atoms with Gasteiger partial charge >= 0.3 is 0 Å². The summed E-state index contributed by atoms with van der Waals surface area (Å²) in [5.74, 6) is 1.47. The highest BCUT2D eigenvalue weighted by Gasteiger charge is 2.17. The molecule has 3 aromatic rings. The van der Waals surface area contributed by atoms with Gasteiger partial charge in [-0.1, -0.05) is 12.1 Å². The van der Waals surface area contributed by atoms with Crippen LogP contribution in [0, 0.1) is 6.92 Å². The van der Waals surface area contributed by atoms with Gasteiger partial charge in [0.15, 0.2) is 11.5 Å².